The van der Waals surface area contributed by atoms with E-state index in [1.54, 1.807) is 42.5 Å². The summed E-state index contributed by atoms with van der Waals surface area (Å²) in [5, 5.41) is 2.91. The summed E-state index contributed by atoms with van der Waals surface area (Å²) in [5.41, 5.74) is 1.64. The molecular formula is C34H36FN3O5S. The topological polar surface area (TPSA) is 96.0 Å². The monoisotopic (exact) mass is 617 g/mol. The van der Waals surface area contributed by atoms with Crippen LogP contribution < -0.4 is 14.4 Å². The normalized spacial score (nSPS) is 11.9. The number of nitrogens with one attached hydrogen (secondary N) is 1. The summed E-state index contributed by atoms with van der Waals surface area (Å²) in [6, 6.07) is 27.9. The lowest BCUT2D eigenvalue weighted by molar-refractivity contribution is -0.140. The number of carbonyl (C=O) groups excluding carboxylic acids is 2. The van der Waals surface area contributed by atoms with Gasteiger partial charge >= 0.3 is 0 Å². The smallest absolute Gasteiger partial charge is 0.264 e. The first-order valence-electron chi connectivity index (χ1n) is 14.2. The Morgan fingerprint density at radius 3 is 1.98 bits per heavy atom. The number of hydrogen-bond acceptors (Lipinski definition) is 5. The van der Waals surface area contributed by atoms with Gasteiger partial charge in [0.15, 0.2) is 0 Å². The number of benzene rings is 4. The minimum absolute atomic E-state index is 0.00656. The molecule has 4 aromatic carbocycles. The Morgan fingerprint density at radius 2 is 1.41 bits per heavy atom. The van der Waals surface area contributed by atoms with Crippen molar-refractivity contribution in [3.63, 3.8) is 0 Å². The number of methoxy groups -OCH3 is 1. The van der Waals surface area contributed by atoms with Gasteiger partial charge in [0.1, 0.15) is 24.2 Å². The Balaban J connectivity index is 1.79. The van der Waals surface area contributed by atoms with Gasteiger partial charge < -0.3 is 15.0 Å². The van der Waals surface area contributed by atoms with E-state index in [9.17, 15) is 22.4 Å². The van der Waals surface area contributed by atoms with Gasteiger partial charge in [0.25, 0.3) is 10.0 Å². The highest BCUT2D eigenvalue weighted by Crippen LogP contribution is 2.27. The number of sulfonamides is 1. The SMILES string of the molecule is COc1ccc(N(CC(=O)N(Cc2ccc(F)cc2)[C@H](Cc2ccccc2)C(=O)NC(C)C)S(=O)(=O)c2ccccc2)cc1. The van der Waals surface area contributed by atoms with Crippen LogP contribution in [-0.4, -0.2) is 50.9 Å². The molecule has 0 heterocycles. The lowest BCUT2D eigenvalue weighted by Gasteiger charge is -2.34. The molecule has 0 aliphatic rings. The third-order valence-electron chi connectivity index (χ3n) is 6.94. The second kappa shape index (κ2) is 14.7. The van der Waals surface area contributed by atoms with Gasteiger partial charge in [-0.25, -0.2) is 12.8 Å². The van der Waals surface area contributed by atoms with Crippen molar-refractivity contribution in [2.24, 2.45) is 0 Å². The molecule has 0 bridgehead atoms. The maximum absolute atomic E-state index is 14.4. The van der Waals surface area contributed by atoms with Gasteiger partial charge in [0, 0.05) is 19.0 Å². The molecule has 44 heavy (non-hydrogen) atoms. The predicted molar refractivity (Wildman–Crippen MR) is 168 cm³/mol. The summed E-state index contributed by atoms with van der Waals surface area (Å²) in [5.74, 6) is -0.918. The highest BCUT2D eigenvalue weighted by atomic mass is 32.2. The minimum atomic E-state index is -4.21. The van der Waals surface area contributed by atoms with Gasteiger partial charge in [-0.2, -0.15) is 0 Å². The quantitative estimate of drug-likeness (QED) is 0.223. The van der Waals surface area contributed by atoms with Crippen LogP contribution in [0.15, 0.2) is 114 Å². The fraction of sp³-hybridized carbons (Fsp3) is 0.235. The Morgan fingerprint density at radius 1 is 0.818 bits per heavy atom. The molecule has 0 saturated heterocycles. The molecule has 8 nitrogen and oxygen atoms in total. The van der Waals surface area contributed by atoms with E-state index in [-0.39, 0.29) is 35.5 Å². The van der Waals surface area contributed by atoms with Crippen molar-refractivity contribution in [2.75, 3.05) is 18.0 Å². The highest BCUT2D eigenvalue weighted by molar-refractivity contribution is 7.92. The molecule has 2 amide bonds. The maximum atomic E-state index is 14.4. The lowest BCUT2D eigenvalue weighted by atomic mass is 10.0. The van der Waals surface area contributed by atoms with Crippen LogP contribution in [0, 0.1) is 5.82 Å². The van der Waals surface area contributed by atoms with Crippen molar-refractivity contribution < 1.29 is 27.1 Å². The summed E-state index contributed by atoms with van der Waals surface area (Å²) < 4.78 is 48.0. The fourth-order valence-corrected chi connectivity index (χ4v) is 6.15. The first-order valence-corrected chi connectivity index (χ1v) is 15.6. The number of carbonyl (C=O) groups is 2. The Bertz CT molecular complexity index is 1630. The summed E-state index contributed by atoms with van der Waals surface area (Å²) in [4.78, 5) is 29.4. The number of hydrogen-bond donors (Lipinski definition) is 1. The van der Waals surface area contributed by atoms with Crippen LogP contribution in [0.3, 0.4) is 0 Å². The molecule has 4 aromatic rings. The van der Waals surface area contributed by atoms with Gasteiger partial charge in [-0.3, -0.25) is 13.9 Å². The van der Waals surface area contributed by atoms with Crippen molar-refractivity contribution in [2.45, 2.75) is 43.8 Å². The van der Waals surface area contributed by atoms with E-state index < -0.39 is 34.3 Å². The zero-order valence-corrected chi connectivity index (χ0v) is 25.7. The third-order valence-corrected chi connectivity index (χ3v) is 8.73. The van der Waals surface area contributed by atoms with Gasteiger partial charge in [0.05, 0.1) is 17.7 Å². The molecule has 0 spiro atoms. The summed E-state index contributed by atoms with van der Waals surface area (Å²) in [7, 11) is -2.71. The number of anilines is 1. The van der Waals surface area contributed by atoms with Gasteiger partial charge in [-0.15, -0.1) is 0 Å². The Hall–Kier alpha value is -4.70. The largest absolute Gasteiger partial charge is 0.497 e. The molecule has 0 radical (unpaired) electrons. The van der Waals surface area contributed by atoms with Crippen LogP contribution >= 0.6 is 0 Å². The number of halogens is 1. The van der Waals surface area contributed by atoms with Gasteiger partial charge in [-0.05, 0) is 73.5 Å². The molecular weight excluding hydrogens is 581 g/mol. The second-order valence-electron chi connectivity index (χ2n) is 10.5. The molecule has 4 rings (SSSR count). The fourth-order valence-electron chi connectivity index (χ4n) is 4.72. The zero-order valence-electron chi connectivity index (χ0n) is 24.9. The summed E-state index contributed by atoms with van der Waals surface area (Å²) in [6.45, 7) is 3.00. The molecule has 1 atom stereocenters. The third kappa shape index (κ3) is 8.23. The molecule has 230 valence electrons. The first kappa shape index (κ1) is 32.2. The predicted octanol–water partition coefficient (Wildman–Crippen LogP) is 5.19. The zero-order chi connectivity index (χ0) is 31.7. The first-order chi connectivity index (χ1) is 21.1. The van der Waals surface area contributed by atoms with E-state index in [2.05, 4.69) is 5.32 Å². The summed E-state index contributed by atoms with van der Waals surface area (Å²) in [6.07, 6.45) is 0.181. The van der Waals surface area contributed by atoms with Gasteiger partial charge in [-0.1, -0.05) is 60.7 Å². The van der Waals surface area contributed by atoms with Crippen LogP contribution in [0.4, 0.5) is 10.1 Å². The van der Waals surface area contributed by atoms with E-state index in [4.69, 9.17) is 4.74 Å². The van der Waals surface area contributed by atoms with E-state index in [0.29, 0.717) is 11.3 Å². The van der Waals surface area contributed by atoms with Gasteiger partial charge in [0.2, 0.25) is 11.8 Å². The maximum Gasteiger partial charge on any atom is 0.264 e. The van der Waals surface area contributed by atoms with E-state index in [0.717, 1.165) is 9.87 Å². The molecule has 10 heteroatoms. The summed E-state index contributed by atoms with van der Waals surface area (Å²) >= 11 is 0. The lowest BCUT2D eigenvalue weighted by Crippen LogP contribution is -2.54. The van der Waals surface area contributed by atoms with Crippen molar-refractivity contribution in [1.82, 2.24) is 10.2 Å². The highest BCUT2D eigenvalue weighted by Gasteiger charge is 2.34. The standard InChI is InChI=1S/C34H36FN3O5S/c1-25(2)36-34(40)32(22-26-10-6-4-7-11-26)37(23-27-14-16-28(35)17-15-27)33(39)24-38(29-18-20-30(43-3)21-19-29)44(41,42)31-12-8-5-9-13-31/h4-21,25,32H,22-24H2,1-3H3,(H,36,40)/t32-/m1/s1. The van der Waals surface area contributed by atoms with E-state index in [1.807, 2.05) is 44.2 Å². The molecule has 0 unspecified atom stereocenters. The average molecular weight is 618 g/mol. The van der Waals surface area contributed by atoms with Crippen LogP contribution in [0.5, 0.6) is 5.75 Å². The number of rotatable bonds is 13. The van der Waals surface area contributed by atoms with E-state index >= 15 is 0 Å². The second-order valence-corrected chi connectivity index (χ2v) is 12.4. The van der Waals surface area contributed by atoms with Crippen LogP contribution in [0.1, 0.15) is 25.0 Å². The average Bonchev–Trinajstić information content (AvgIpc) is 3.03. The minimum Gasteiger partial charge on any atom is -0.497 e. The Labute approximate surface area is 258 Å². The number of amides is 2. The molecule has 0 aliphatic carbocycles. The van der Waals surface area contributed by atoms with Crippen molar-refractivity contribution in [3.05, 3.63) is 126 Å². The molecule has 0 aromatic heterocycles. The molecule has 0 saturated carbocycles. The van der Waals surface area contributed by atoms with E-state index in [1.165, 1.54) is 48.4 Å². The van der Waals surface area contributed by atoms with Crippen LogP contribution in [0.25, 0.3) is 0 Å². The number of nitrogens with zero attached hydrogens (tertiary/aromatic N) is 2. The van der Waals surface area contributed by atoms with Crippen molar-refractivity contribution in [1.29, 1.82) is 0 Å². The van der Waals surface area contributed by atoms with Crippen LogP contribution in [-0.2, 0) is 32.6 Å². The molecule has 0 aliphatic heterocycles. The molecule has 1 N–H and O–H groups in total. The van der Waals surface area contributed by atoms with Crippen molar-refractivity contribution in [3.8, 4) is 5.75 Å². The van der Waals surface area contributed by atoms with Crippen LogP contribution in [0.2, 0.25) is 0 Å². The Kier molecular flexibility index (Phi) is 10.7. The molecule has 0 fully saturated rings. The number of ether oxygens (including phenoxy) is 1. The van der Waals surface area contributed by atoms with Crippen molar-refractivity contribution >= 4 is 27.5 Å².